The fourth-order valence-electron chi connectivity index (χ4n) is 3.65. The molecule has 148 valence electrons. The van der Waals surface area contributed by atoms with Crippen LogP contribution >= 0.6 is 0 Å². The average Bonchev–Trinajstić information content (AvgIpc) is 3.37. The topological polar surface area (TPSA) is 51.0 Å². The molecule has 0 amide bonds. The van der Waals surface area contributed by atoms with Crippen LogP contribution in [0.25, 0.3) is 11.3 Å². The molecule has 0 bridgehead atoms. The van der Waals surface area contributed by atoms with Gasteiger partial charge in [0.25, 0.3) is 0 Å². The van der Waals surface area contributed by atoms with Crippen molar-refractivity contribution in [2.24, 2.45) is 0 Å². The molecule has 1 N–H and O–H groups in total. The van der Waals surface area contributed by atoms with E-state index in [2.05, 4.69) is 34.5 Å². The number of rotatable bonds is 5. The molecule has 28 heavy (non-hydrogen) atoms. The van der Waals surface area contributed by atoms with Gasteiger partial charge in [-0.2, -0.15) is 13.2 Å². The van der Waals surface area contributed by atoms with Crippen LogP contribution in [0.5, 0.6) is 5.88 Å². The van der Waals surface area contributed by atoms with Crippen molar-refractivity contribution in [3.05, 3.63) is 59.5 Å². The van der Waals surface area contributed by atoms with Crippen molar-refractivity contribution in [3.8, 4) is 17.1 Å². The first-order valence-corrected chi connectivity index (χ1v) is 9.43. The molecule has 2 heterocycles. The quantitative estimate of drug-likeness (QED) is 0.555. The number of aromatic nitrogens is 2. The van der Waals surface area contributed by atoms with E-state index in [1.807, 2.05) is 0 Å². The highest BCUT2D eigenvalue weighted by molar-refractivity contribution is 5.60. The molecule has 0 saturated heterocycles. The highest BCUT2D eigenvalue weighted by atomic mass is 19.4. The van der Waals surface area contributed by atoms with E-state index >= 15 is 0 Å². The predicted octanol–water partition coefficient (Wildman–Crippen LogP) is 6.32. The number of halogens is 3. The maximum absolute atomic E-state index is 12.6. The lowest BCUT2D eigenvalue weighted by molar-refractivity contribution is -0.153. The van der Waals surface area contributed by atoms with Gasteiger partial charge in [0.15, 0.2) is 0 Å². The van der Waals surface area contributed by atoms with Crippen LogP contribution in [0, 0.1) is 0 Å². The van der Waals surface area contributed by atoms with Crippen molar-refractivity contribution >= 4 is 0 Å². The van der Waals surface area contributed by atoms with Crippen molar-refractivity contribution in [3.63, 3.8) is 0 Å². The number of aromatic amines is 1. The Balaban J connectivity index is 1.38. The Labute approximate surface area is 160 Å². The zero-order valence-corrected chi connectivity index (χ0v) is 15.3. The van der Waals surface area contributed by atoms with Crippen LogP contribution in [0.1, 0.15) is 55.1 Å². The molecule has 0 unspecified atom stereocenters. The summed E-state index contributed by atoms with van der Waals surface area (Å²) < 4.78 is 47.8. The molecule has 3 aromatic rings. The van der Waals surface area contributed by atoms with Crippen molar-refractivity contribution < 1.29 is 22.3 Å². The summed E-state index contributed by atoms with van der Waals surface area (Å²) in [6.07, 6.45) is 1.94. The Morgan fingerprint density at radius 1 is 1.04 bits per heavy atom. The fraction of sp³-hybridized carbons (Fsp3) is 0.381. The normalized spacial score (nSPS) is 15.7. The molecule has 0 spiro atoms. The molecular formula is C21H21F3N2O2. The van der Waals surface area contributed by atoms with Gasteiger partial charge in [-0.15, -0.1) is 5.10 Å². The second kappa shape index (κ2) is 7.73. The molecule has 0 radical (unpaired) electrons. The van der Waals surface area contributed by atoms with Crippen LogP contribution < -0.4 is 4.74 Å². The van der Waals surface area contributed by atoms with E-state index in [0.717, 1.165) is 17.3 Å². The van der Waals surface area contributed by atoms with E-state index in [1.54, 1.807) is 6.07 Å². The molecule has 1 aliphatic carbocycles. The second-order valence-electron chi connectivity index (χ2n) is 7.13. The first-order chi connectivity index (χ1) is 13.5. The third kappa shape index (κ3) is 4.24. The molecule has 1 aromatic carbocycles. The van der Waals surface area contributed by atoms with Gasteiger partial charge < -0.3 is 9.15 Å². The van der Waals surface area contributed by atoms with Crippen LogP contribution in [-0.2, 0) is 12.8 Å². The third-order valence-electron chi connectivity index (χ3n) is 5.16. The SMILES string of the molecule is FC(F)(F)c1ccc(COc2cc(-c3ccc(C4CCCCC4)cc3)[nH]n2)o1. The summed E-state index contributed by atoms with van der Waals surface area (Å²) in [7, 11) is 0. The van der Waals surface area contributed by atoms with E-state index in [1.165, 1.54) is 43.7 Å². The van der Waals surface area contributed by atoms with Crippen molar-refractivity contribution in [2.75, 3.05) is 0 Å². The summed E-state index contributed by atoms with van der Waals surface area (Å²) in [6, 6.07) is 12.3. The lowest BCUT2D eigenvalue weighted by Crippen LogP contribution is -2.04. The van der Waals surface area contributed by atoms with Gasteiger partial charge in [0, 0.05) is 6.07 Å². The number of H-pyrrole nitrogens is 1. The minimum absolute atomic E-state index is 0.0914. The minimum atomic E-state index is -4.50. The number of hydrogen-bond donors (Lipinski definition) is 1. The van der Waals surface area contributed by atoms with E-state index in [0.29, 0.717) is 11.8 Å². The van der Waals surface area contributed by atoms with Crippen LogP contribution in [0.15, 0.2) is 46.9 Å². The fourth-order valence-corrected chi connectivity index (χ4v) is 3.65. The largest absolute Gasteiger partial charge is 0.468 e. The number of furan rings is 1. The second-order valence-corrected chi connectivity index (χ2v) is 7.13. The highest BCUT2D eigenvalue weighted by Gasteiger charge is 2.34. The summed E-state index contributed by atoms with van der Waals surface area (Å²) in [5, 5.41) is 6.97. The summed E-state index contributed by atoms with van der Waals surface area (Å²) in [5.41, 5.74) is 3.15. The van der Waals surface area contributed by atoms with Crippen molar-refractivity contribution in [2.45, 2.75) is 50.8 Å². The summed E-state index contributed by atoms with van der Waals surface area (Å²) in [6.45, 7) is -0.124. The van der Waals surface area contributed by atoms with E-state index in [9.17, 15) is 13.2 Å². The zero-order chi connectivity index (χ0) is 19.6. The summed E-state index contributed by atoms with van der Waals surface area (Å²) >= 11 is 0. The van der Waals surface area contributed by atoms with Gasteiger partial charge in [-0.25, -0.2) is 0 Å². The first-order valence-electron chi connectivity index (χ1n) is 9.43. The molecule has 1 saturated carbocycles. The van der Waals surface area contributed by atoms with Gasteiger partial charge >= 0.3 is 6.18 Å². The minimum Gasteiger partial charge on any atom is -0.468 e. The lowest BCUT2D eigenvalue weighted by Gasteiger charge is -2.22. The summed E-state index contributed by atoms with van der Waals surface area (Å²) in [5.74, 6) is 0.00949. The van der Waals surface area contributed by atoms with Gasteiger partial charge in [-0.3, -0.25) is 5.10 Å². The van der Waals surface area contributed by atoms with Gasteiger partial charge in [-0.1, -0.05) is 43.5 Å². The number of ether oxygens (including phenoxy) is 1. The average molecular weight is 390 g/mol. The van der Waals surface area contributed by atoms with Crippen LogP contribution in [-0.4, -0.2) is 10.2 Å². The van der Waals surface area contributed by atoms with Crippen LogP contribution in [0.4, 0.5) is 13.2 Å². The number of alkyl halides is 3. The van der Waals surface area contributed by atoms with E-state index in [-0.39, 0.29) is 12.4 Å². The smallest absolute Gasteiger partial charge is 0.449 e. The zero-order valence-electron chi connectivity index (χ0n) is 15.3. The standard InChI is InChI=1S/C21H21F3N2O2/c22-21(23,24)19-11-10-17(28-19)13-27-20-12-18(25-26-20)16-8-6-15(7-9-16)14-4-2-1-3-5-14/h6-12,14H,1-5,13H2,(H,25,26). The predicted molar refractivity (Wildman–Crippen MR) is 97.9 cm³/mol. The van der Waals surface area contributed by atoms with Crippen molar-refractivity contribution in [1.82, 2.24) is 10.2 Å². The molecule has 7 heteroatoms. The summed E-state index contributed by atoms with van der Waals surface area (Å²) in [4.78, 5) is 0. The highest BCUT2D eigenvalue weighted by Crippen LogP contribution is 2.34. The molecule has 1 aliphatic rings. The molecule has 0 aliphatic heterocycles. The molecule has 0 atom stereocenters. The molecule has 4 nitrogen and oxygen atoms in total. The number of nitrogens with zero attached hydrogens (tertiary/aromatic N) is 1. The lowest BCUT2D eigenvalue weighted by atomic mass is 9.84. The Hall–Kier alpha value is -2.70. The Morgan fingerprint density at radius 3 is 2.46 bits per heavy atom. The van der Waals surface area contributed by atoms with E-state index < -0.39 is 11.9 Å². The molecule has 2 aromatic heterocycles. The first kappa shape index (κ1) is 18.7. The Kier molecular flexibility index (Phi) is 5.15. The monoisotopic (exact) mass is 390 g/mol. The van der Waals surface area contributed by atoms with Crippen LogP contribution in [0.2, 0.25) is 0 Å². The maximum atomic E-state index is 12.6. The maximum Gasteiger partial charge on any atom is 0.449 e. The number of nitrogens with one attached hydrogen (secondary N) is 1. The van der Waals surface area contributed by atoms with Gasteiger partial charge in [0.2, 0.25) is 11.6 Å². The number of hydrogen-bond acceptors (Lipinski definition) is 3. The Morgan fingerprint density at radius 2 is 1.79 bits per heavy atom. The van der Waals surface area contributed by atoms with Gasteiger partial charge in [-0.05, 0) is 42.0 Å². The molecule has 1 fully saturated rings. The van der Waals surface area contributed by atoms with Crippen LogP contribution in [0.3, 0.4) is 0 Å². The molecule has 4 rings (SSSR count). The number of benzene rings is 1. The molecular weight excluding hydrogens is 369 g/mol. The third-order valence-corrected chi connectivity index (χ3v) is 5.16. The van der Waals surface area contributed by atoms with Gasteiger partial charge in [0.05, 0.1) is 5.69 Å². The van der Waals surface area contributed by atoms with E-state index in [4.69, 9.17) is 9.15 Å². The van der Waals surface area contributed by atoms with Crippen molar-refractivity contribution in [1.29, 1.82) is 0 Å². The Bertz CT molecular complexity index is 906. The van der Waals surface area contributed by atoms with Gasteiger partial charge in [0.1, 0.15) is 12.4 Å².